The fourth-order valence-corrected chi connectivity index (χ4v) is 5.58. The number of carbonyl (C=O) groups excluding carboxylic acids is 1. The molecular formula is C22H34O8Si. The maximum atomic E-state index is 12.2. The van der Waals surface area contributed by atoms with Crippen LogP contribution in [0, 0.1) is 0 Å². The number of carbonyl (C=O) groups is 2. The van der Waals surface area contributed by atoms with Crippen LogP contribution in [-0.4, -0.2) is 68.4 Å². The highest BCUT2D eigenvalue weighted by molar-refractivity contribution is 6.59. The van der Waals surface area contributed by atoms with E-state index in [0.29, 0.717) is 0 Å². The van der Waals surface area contributed by atoms with Crippen molar-refractivity contribution in [1.82, 2.24) is 0 Å². The molecule has 1 aliphatic rings. The lowest BCUT2D eigenvalue weighted by Crippen LogP contribution is -2.73. The zero-order chi connectivity index (χ0) is 23.4. The molecule has 1 heterocycles. The molecule has 1 saturated heterocycles. The molecule has 8 nitrogen and oxygen atoms in total. The largest absolute Gasteiger partial charge is 0.479 e. The second-order valence-electron chi connectivity index (χ2n) is 8.94. The summed E-state index contributed by atoms with van der Waals surface area (Å²) in [7, 11) is -0.490. The van der Waals surface area contributed by atoms with Gasteiger partial charge in [-0.1, -0.05) is 43.4 Å². The summed E-state index contributed by atoms with van der Waals surface area (Å²) in [4.78, 5) is 24.3. The molecular weight excluding hydrogens is 420 g/mol. The van der Waals surface area contributed by atoms with Crippen LogP contribution in [0.4, 0.5) is 0 Å². The maximum Gasteiger partial charge on any atom is 0.335 e. The average molecular weight is 455 g/mol. The highest BCUT2D eigenvalue weighted by Gasteiger charge is 2.62. The van der Waals surface area contributed by atoms with E-state index < -0.39 is 56.2 Å². The Morgan fingerprint density at radius 3 is 2.23 bits per heavy atom. The van der Waals surface area contributed by atoms with Crippen molar-refractivity contribution in [1.29, 1.82) is 0 Å². The summed E-state index contributed by atoms with van der Waals surface area (Å²) in [6.45, 7) is 10.8. The van der Waals surface area contributed by atoms with E-state index >= 15 is 0 Å². The minimum Gasteiger partial charge on any atom is -0.479 e. The topological polar surface area (TPSA) is 101 Å². The van der Waals surface area contributed by atoms with Crippen molar-refractivity contribution >= 4 is 20.7 Å². The minimum absolute atomic E-state index is 0.180. The fraction of sp³-hybridized carbons (Fsp3) is 0.636. The zero-order valence-corrected chi connectivity index (χ0v) is 20.4. The van der Waals surface area contributed by atoms with Crippen LogP contribution in [0.5, 0.6) is 0 Å². The molecule has 0 aliphatic carbocycles. The van der Waals surface area contributed by atoms with Gasteiger partial charge in [0, 0.05) is 14.0 Å². The van der Waals surface area contributed by atoms with Crippen LogP contribution in [0.1, 0.15) is 33.3 Å². The second-order valence-corrected chi connectivity index (χ2v) is 12.1. The fourth-order valence-electron chi connectivity index (χ4n) is 3.78. The molecule has 2 rings (SSSR count). The number of aliphatic carboxylic acids is 1. The SMILES string of the molecule is COC1([SiH](C)C)O[C@@H](C(=O)O)[C@@H](OC(C)(C)C)[C@H](OCc2ccccc2)[C@H]1OC(C)=O. The highest BCUT2D eigenvalue weighted by Crippen LogP contribution is 2.39. The lowest BCUT2D eigenvalue weighted by atomic mass is 9.96. The molecule has 5 atom stereocenters. The maximum absolute atomic E-state index is 12.2. The first-order chi connectivity index (χ1) is 14.4. The third kappa shape index (κ3) is 6.14. The average Bonchev–Trinajstić information content (AvgIpc) is 2.66. The van der Waals surface area contributed by atoms with E-state index in [1.54, 1.807) is 0 Å². The Balaban J connectivity index is 2.56. The summed E-state index contributed by atoms with van der Waals surface area (Å²) in [6, 6.07) is 9.46. The van der Waals surface area contributed by atoms with Crippen molar-refractivity contribution in [2.45, 2.75) is 82.8 Å². The van der Waals surface area contributed by atoms with Gasteiger partial charge in [-0.25, -0.2) is 4.79 Å². The first-order valence-corrected chi connectivity index (χ1v) is 13.3. The summed E-state index contributed by atoms with van der Waals surface area (Å²) in [5.74, 6) is -1.74. The van der Waals surface area contributed by atoms with E-state index in [2.05, 4.69) is 0 Å². The molecule has 1 unspecified atom stereocenters. The van der Waals surface area contributed by atoms with Crippen LogP contribution in [0.3, 0.4) is 0 Å². The normalized spacial score (nSPS) is 29.0. The quantitative estimate of drug-likeness (QED) is 0.472. The van der Waals surface area contributed by atoms with Gasteiger partial charge in [0.2, 0.25) is 0 Å². The van der Waals surface area contributed by atoms with Crippen LogP contribution < -0.4 is 0 Å². The van der Waals surface area contributed by atoms with E-state index in [1.807, 2.05) is 64.2 Å². The molecule has 1 fully saturated rings. The summed E-state index contributed by atoms with van der Waals surface area (Å²) in [5, 5.41) is 9.98. The standard InChI is InChI=1S/C22H34O8Si/c1-14(23)28-19-17(27-13-15-11-9-8-10-12-15)16(29-21(2,3)4)18(20(24)25)30-22(19,26-5)31(6)7/h8-12,16-19,31H,13H2,1-7H3,(H,24,25)/t16-,17-,18+,19+,22?/m0/s1. The molecule has 9 heteroatoms. The van der Waals surface area contributed by atoms with Gasteiger partial charge in [0.05, 0.1) is 12.2 Å². The van der Waals surface area contributed by atoms with Gasteiger partial charge in [-0.15, -0.1) is 0 Å². The minimum atomic E-state index is -1.92. The molecule has 0 aromatic heterocycles. The molecule has 31 heavy (non-hydrogen) atoms. The van der Waals surface area contributed by atoms with Crippen LogP contribution in [-0.2, 0) is 39.9 Å². The van der Waals surface area contributed by atoms with Crippen LogP contribution in [0.2, 0.25) is 13.1 Å². The van der Waals surface area contributed by atoms with Crippen molar-refractivity contribution in [3.63, 3.8) is 0 Å². The molecule has 0 saturated carbocycles. The Kier molecular flexibility index (Phi) is 8.40. The first-order valence-electron chi connectivity index (χ1n) is 10.4. The van der Waals surface area contributed by atoms with Crippen molar-refractivity contribution in [2.24, 2.45) is 0 Å². The molecule has 1 N–H and O–H groups in total. The lowest BCUT2D eigenvalue weighted by molar-refractivity contribution is -0.336. The third-order valence-corrected chi connectivity index (χ3v) is 7.37. The van der Waals surface area contributed by atoms with Gasteiger partial charge in [-0.05, 0) is 26.3 Å². The molecule has 1 aliphatic heterocycles. The molecule has 0 amide bonds. The Morgan fingerprint density at radius 2 is 1.77 bits per heavy atom. The van der Waals surface area contributed by atoms with E-state index in [4.69, 9.17) is 23.7 Å². The summed E-state index contributed by atoms with van der Waals surface area (Å²) < 4.78 is 29.8. The van der Waals surface area contributed by atoms with Gasteiger partial charge in [-0.3, -0.25) is 4.79 Å². The van der Waals surface area contributed by atoms with Gasteiger partial charge in [0.25, 0.3) is 0 Å². The van der Waals surface area contributed by atoms with Gasteiger partial charge in [0.15, 0.2) is 17.6 Å². The van der Waals surface area contributed by atoms with E-state index in [1.165, 1.54) is 14.0 Å². The number of benzene rings is 1. The molecule has 0 bridgehead atoms. The molecule has 1 aromatic rings. The number of carboxylic acids is 1. The molecule has 174 valence electrons. The number of hydrogen-bond acceptors (Lipinski definition) is 7. The van der Waals surface area contributed by atoms with Gasteiger partial charge in [-0.2, -0.15) is 0 Å². The highest BCUT2D eigenvalue weighted by atomic mass is 28.3. The Labute approximate surface area is 185 Å². The number of hydrogen-bond donors (Lipinski definition) is 1. The third-order valence-electron chi connectivity index (χ3n) is 5.06. The Morgan fingerprint density at radius 1 is 1.16 bits per heavy atom. The predicted octanol–water partition coefficient (Wildman–Crippen LogP) is 2.54. The van der Waals surface area contributed by atoms with Crippen molar-refractivity contribution < 1.29 is 38.4 Å². The van der Waals surface area contributed by atoms with Crippen molar-refractivity contribution in [3.05, 3.63) is 35.9 Å². The Bertz CT molecular complexity index is 748. The number of rotatable bonds is 8. The molecule has 0 spiro atoms. The van der Waals surface area contributed by atoms with Crippen molar-refractivity contribution in [2.75, 3.05) is 7.11 Å². The number of carboxylic acid groups (broad SMARTS) is 1. The van der Waals surface area contributed by atoms with Gasteiger partial charge < -0.3 is 28.8 Å². The van der Waals surface area contributed by atoms with E-state index in [0.717, 1.165) is 5.56 Å². The van der Waals surface area contributed by atoms with E-state index in [9.17, 15) is 14.7 Å². The Hall–Kier alpha value is -1.78. The number of esters is 1. The monoisotopic (exact) mass is 454 g/mol. The number of methoxy groups -OCH3 is 1. The predicted molar refractivity (Wildman–Crippen MR) is 116 cm³/mol. The molecule has 1 aromatic carbocycles. The van der Waals surface area contributed by atoms with Crippen LogP contribution >= 0.6 is 0 Å². The van der Waals surface area contributed by atoms with Crippen LogP contribution in [0.25, 0.3) is 0 Å². The van der Waals surface area contributed by atoms with E-state index in [-0.39, 0.29) is 6.61 Å². The molecule has 0 radical (unpaired) electrons. The number of ether oxygens (including phenoxy) is 5. The van der Waals surface area contributed by atoms with Gasteiger partial charge in [0.1, 0.15) is 21.0 Å². The first kappa shape index (κ1) is 25.5. The zero-order valence-electron chi connectivity index (χ0n) is 19.3. The van der Waals surface area contributed by atoms with Gasteiger partial charge >= 0.3 is 11.9 Å². The van der Waals surface area contributed by atoms with Crippen molar-refractivity contribution in [3.8, 4) is 0 Å². The smallest absolute Gasteiger partial charge is 0.335 e. The van der Waals surface area contributed by atoms with Crippen LogP contribution in [0.15, 0.2) is 30.3 Å². The summed E-state index contributed by atoms with van der Waals surface area (Å²) in [5.41, 5.74) is -1.20. The lowest BCUT2D eigenvalue weighted by Gasteiger charge is -2.52. The summed E-state index contributed by atoms with van der Waals surface area (Å²) >= 11 is 0. The summed E-state index contributed by atoms with van der Waals surface area (Å²) in [6.07, 6.45) is -4.30. The second kappa shape index (κ2) is 10.2.